The number of H-pyrrole nitrogens is 1. The summed E-state index contributed by atoms with van der Waals surface area (Å²) in [7, 11) is -3.00. The first-order chi connectivity index (χ1) is 12.3. The molecule has 14 heteroatoms. The Balaban J connectivity index is 2.76. The SMILES string of the molecule is CCS(=O)(=O)Nc1cc(-n2[nH+]c(C(F)(F)F)n(C)c2=O)c(F)cc1C(N)=S. The Labute approximate surface area is 155 Å². The molecule has 1 aromatic carbocycles. The number of alkyl halides is 3. The summed E-state index contributed by atoms with van der Waals surface area (Å²) in [5, 5.41) is 1.76. The van der Waals surface area contributed by atoms with Gasteiger partial charge in [-0.3, -0.25) is 4.72 Å². The molecule has 0 unspecified atom stereocenters. The van der Waals surface area contributed by atoms with Crippen LogP contribution >= 0.6 is 12.2 Å². The number of aromatic nitrogens is 3. The molecule has 148 valence electrons. The maximum atomic E-state index is 14.4. The molecule has 0 aliphatic carbocycles. The minimum absolute atomic E-state index is 0.191. The average molecular weight is 428 g/mol. The average Bonchev–Trinajstić information content (AvgIpc) is 2.84. The molecule has 2 aromatic rings. The van der Waals surface area contributed by atoms with Gasteiger partial charge in [-0.15, -0.1) is 4.68 Å². The lowest BCUT2D eigenvalue weighted by molar-refractivity contribution is -0.511. The molecule has 0 saturated heterocycles. The maximum absolute atomic E-state index is 14.4. The number of anilines is 1. The van der Waals surface area contributed by atoms with E-state index in [9.17, 15) is 30.8 Å². The molecule has 27 heavy (non-hydrogen) atoms. The molecule has 0 saturated carbocycles. The van der Waals surface area contributed by atoms with Crippen LogP contribution in [0.25, 0.3) is 5.69 Å². The number of thiocarbonyl (C=S) groups is 1. The quantitative estimate of drug-likeness (QED) is 0.533. The Morgan fingerprint density at radius 1 is 1.37 bits per heavy atom. The van der Waals surface area contributed by atoms with Gasteiger partial charge in [-0.25, -0.2) is 17.6 Å². The summed E-state index contributed by atoms with van der Waals surface area (Å²) >= 11 is 4.74. The largest absolute Gasteiger partial charge is 0.497 e. The summed E-state index contributed by atoms with van der Waals surface area (Å²) in [6, 6.07) is 1.56. The molecule has 4 N–H and O–H groups in total. The van der Waals surface area contributed by atoms with Gasteiger partial charge >= 0.3 is 17.7 Å². The lowest BCUT2D eigenvalue weighted by atomic mass is 10.1. The molecule has 0 bridgehead atoms. The molecule has 0 fully saturated rings. The number of nitrogens with one attached hydrogen (secondary N) is 2. The van der Waals surface area contributed by atoms with Gasteiger partial charge in [0.2, 0.25) is 10.0 Å². The van der Waals surface area contributed by atoms with Gasteiger partial charge in [-0.05, 0) is 19.1 Å². The number of sulfonamides is 1. The highest BCUT2D eigenvalue weighted by Gasteiger charge is 2.44. The second-order valence-corrected chi connectivity index (χ2v) is 7.80. The van der Waals surface area contributed by atoms with E-state index in [2.05, 4.69) is 4.72 Å². The van der Waals surface area contributed by atoms with Crippen molar-refractivity contribution in [2.75, 3.05) is 10.5 Å². The van der Waals surface area contributed by atoms with Crippen LogP contribution in [0.3, 0.4) is 0 Å². The molecule has 0 radical (unpaired) electrons. The van der Waals surface area contributed by atoms with Crippen LogP contribution < -0.4 is 21.2 Å². The van der Waals surface area contributed by atoms with E-state index in [0.717, 1.165) is 19.2 Å². The topological polar surface area (TPSA) is 113 Å². The second kappa shape index (κ2) is 6.92. The number of nitrogens with two attached hydrogens (primary N) is 1. The fraction of sp³-hybridized carbons (Fsp3) is 0.308. The number of benzene rings is 1. The minimum Gasteiger partial charge on any atom is -0.389 e. The van der Waals surface area contributed by atoms with Crippen molar-refractivity contribution in [3.63, 3.8) is 0 Å². The van der Waals surface area contributed by atoms with Crippen molar-refractivity contribution in [2.24, 2.45) is 12.8 Å². The van der Waals surface area contributed by atoms with E-state index < -0.39 is 39.2 Å². The highest BCUT2D eigenvalue weighted by Crippen LogP contribution is 2.26. The monoisotopic (exact) mass is 428 g/mol. The van der Waals surface area contributed by atoms with Gasteiger partial charge < -0.3 is 5.73 Å². The van der Waals surface area contributed by atoms with Crippen molar-refractivity contribution in [2.45, 2.75) is 13.1 Å². The normalized spacial score (nSPS) is 12.2. The van der Waals surface area contributed by atoms with E-state index in [1.807, 2.05) is 0 Å². The number of hydrogen-bond acceptors (Lipinski definition) is 4. The van der Waals surface area contributed by atoms with E-state index in [1.54, 1.807) is 5.10 Å². The number of aromatic amines is 1. The van der Waals surface area contributed by atoms with Gasteiger partial charge in [-0.2, -0.15) is 22.8 Å². The Bertz CT molecular complexity index is 1070. The number of hydrogen-bond donors (Lipinski definition) is 2. The number of nitrogens with zero attached hydrogens (tertiary/aromatic N) is 2. The van der Waals surface area contributed by atoms with Crippen LogP contribution in [-0.4, -0.2) is 28.4 Å². The van der Waals surface area contributed by atoms with Crippen molar-refractivity contribution < 1.29 is 31.1 Å². The molecule has 0 atom stereocenters. The summed E-state index contributed by atoms with van der Waals surface area (Å²) in [5.74, 6) is -2.91. The van der Waals surface area contributed by atoms with Crippen LogP contribution in [0.15, 0.2) is 16.9 Å². The molecule has 0 aliphatic rings. The smallest absolute Gasteiger partial charge is 0.389 e. The van der Waals surface area contributed by atoms with Crippen LogP contribution in [0.4, 0.5) is 23.2 Å². The zero-order valence-corrected chi connectivity index (χ0v) is 15.5. The summed E-state index contributed by atoms with van der Waals surface area (Å²) in [6.45, 7) is 1.33. The Morgan fingerprint density at radius 3 is 2.41 bits per heavy atom. The molecule has 1 heterocycles. The number of rotatable bonds is 5. The van der Waals surface area contributed by atoms with Crippen molar-refractivity contribution in [3.05, 3.63) is 39.8 Å². The van der Waals surface area contributed by atoms with Crippen molar-refractivity contribution >= 4 is 32.9 Å². The minimum atomic E-state index is -4.90. The summed E-state index contributed by atoms with van der Waals surface area (Å²) in [6.07, 6.45) is -4.90. The van der Waals surface area contributed by atoms with Gasteiger partial charge in [0.05, 0.1) is 18.5 Å². The molecule has 0 amide bonds. The van der Waals surface area contributed by atoms with Gasteiger partial charge in [0.25, 0.3) is 0 Å². The van der Waals surface area contributed by atoms with E-state index in [0.29, 0.717) is 4.68 Å². The van der Waals surface area contributed by atoms with E-state index >= 15 is 0 Å². The fourth-order valence-electron chi connectivity index (χ4n) is 2.15. The third kappa shape index (κ3) is 4.10. The summed E-state index contributed by atoms with van der Waals surface area (Å²) in [4.78, 5) is 11.7. The first kappa shape index (κ1) is 20.8. The number of halogens is 4. The predicted molar refractivity (Wildman–Crippen MR) is 91.5 cm³/mol. The molecule has 0 spiro atoms. The molecule has 2 rings (SSSR count). The van der Waals surface area contributed by atoms with Crippen LogP contribution in [0.5, 0.6) is 0 Å². The van der Waals surface area contributed by atoms with E-state index in [1.165, 1.54) is 6.92 Å². The predicted octanol–water partition coefficient (Wildman–Crippen LogP) is 0.544. The fourth-order valence-corrected chi connectivity index (χ4v) is 2.97. The van der Waals surface area contributed by atoms with Crippen LogP contribution in [0.1, 0.15) is 18.3 Å². The zero-order valence-electron chi connectivity index (χ0n) is 13.9. The highest BCUT2D eigenvalue weighted by atomic mass is 32.2. The Hall–Kier alpha value is -2.48. The van der Waals surface area contributed by atoms with Crippen molar-refractivity contribution in [1.29, 1.82) is 0 Å². The van der Waals surface area contributed by atoms with Gasteiger partial charge in [0.15, 0.2) is 5.82 Å². The van der Waals surface area contributed by atoms with Crippen LogP contribution in [0.2, 0.25) is 0 Å². The van der Waals surface area contributed by atoms with Crippen LogP contribution in [0, 0.1) is 5.82 Å². The van der Waals surface area contributed by atoms with E-state index in [-0.39, 0.29) is 26.6 Å². The standard InChI is InChI=1S/C13H13F4N5O3S2/c1-3-27(24,25)20-8-5-9(7(14)4-6(8)10(18)26)22-12(23)21(2)11(19-22)13(15,16)17/h4-5,20H,3H2,1-2H3,(H2,18,26)/p+1. The lowest BCUT2D eigenvalue weighted by Crippen LogP contribution is -2.30. The summed E-state index contributed by atoms with van der Waals surface area (Å²) < 4.78 is 79.6. The third-order valence-electron chi connectivity index (χ3n) is 3.54. The van der Waals surface area contributed by atoms with Crippen LogP contribution in [-0.2, 0) is 23.2 Å². The zero-order chi connectivity index (χ0) is 20.7. The van der Waals surface area contributed by atoms with Gasteiger partial charge in [0, 0.05) is 5.56 Å². The molecular weight excluding hydrogens is 414 g/mol. The molecular formula is C13H14F4N5O3S2+. The first-order valence-electron chi connectivity index (χ1n) is 7.21. The van der Waals surface area contributed by atoms with Crippen molar-refractivity contribution in [1.82, 2.24) is 9.25 Å². The molecule has 0 aliphatic heterocycles. The summed E-state index contributed by atoms with van der Waals surface area (Å²) in [5.41, 5.74) is 3.10. The van der Waals surface area contributed by atoms with Gasteiger partial charge in [0.1, 0.15) is 10.7 Å². The van der Waals surface area contributed by atoms with E-state index in [4.69, 9.17) is 18.0 Å². The highest BCUT2D eigenvalue weighted by molar-refractivity contribution is 7.92. The third-order valence-corrected chi connectivity index (χ3v) is 5.05. The first-order valence-corrected chi connectivity index (χ1v) is 9.27. The molecule has 8 nitrogen and oxygen atoms in total. The lowest BCUT2D eigenvalue weighted by Gasteiger charge is -2.13. The molecule has 1 aromatic heterocycles. The maximum Gasteiger partial charge on any atom is 0.497 e. The Morgan fingerprint density at radius 2 is 1.96 bits per heavy atom. The Kier molecular flexibility index (Phi) is 5.34. The van der Waals surface area contributed by atoms with Crippen molar-refractivity contribution in [3.8, 4) is 5.69 Å². The van der Waals surface area contributed by atoms with Gasteiger partial charge in [-0.1, -0.05) is 12.2 Å². The second-order valence-electron chi connectivity index (χ2n) is 5.35.